The Morgan fingerprint density at radius 3 is 2.47 bits per heavy atom. The van der Waals surface area contributed by atoms with Crippen molar-refractivity contribution in [1.82, 2.24) is 0 Å². The van der Waals surface area contributed by atoms with Gasteiger partial charge in [0.25, 0.3) is 5.91 Å². The van der Waals surface area contributed by atoms with Crippen molar-refractivity contribution >= 4 is 39.1 Å². The minimum absolute atomic E-state index is 0.126. The summed E-state index contributed by atoms with van der Waals surface area (Å²) in [7, 11) is 0. The Hall–Kier alpha value is -1.32. The molecule has 2 nitrogen and oxygen atoms in total. The number of amides is 1. The largest absolute Gasteiger partial charge is 0.322 e. The smallest absolute Gasteiger partial charge is 0.255 e. The third-order valence-electron chi connectivity index (χ3n) is 2.80. The quantitative estimate of drug-likeness (QED) is 0.804. The molecule has 0 spiro atoms. The number of carbonyl (C=O) groups is 1. The summed E-state index contributed by atoms with van der Waals surface area (Å²) in [5.74, 6) is 0.346. The molecule has 0 aliphatic heterocycles. The number of hydrogen-bond acceptors (Lipinski definition) is 1. The number of benzene rings is 2. The van der Waals surface area contributed by atoms with E-state index in [2.05, 4.69) is 21.2 Å². The van der Waals surface area contributed by atoms with Gasteiger partial charge in [-0.15, -0.1) is 11.6 Å². The Morgan fingerprint density at radius 2 is 1.89 bits per heavy atom. The fourth-order valence-electron chi connectivity index (χ4n) is 1.61. The first-order valence-electron chi connectivity index (χ1n) is 5.82. The molecule has 0 aliphatic carbocycles. The van der Waals surface area contributed by atoms with Crippen LogP contribution in [0.1, 0.15) is 21.5 Å². The van der Waals surface area contributed by atoms with Gasteiger partial charge in [-0.05, 0) is 42.3 Å². The highest BCUT2D eigenvalue weighted by Gasteiger charge is 2.07. The van der Waals surface area contributed by atoms with Gasteiger partial charge in [-0.25, -0.2) is 0 Å². The molecular weight excluding hydrogens is 326 g/mol. The first kappa shape index (κ1) is 14.1. The summed E-state index contributed by atoms with van der Waals surface area (Å²) in [6.07, 6.45) is 0. The van der Waals surface area contributed by atoms with Crippen LogP contribution in [-0.2, 0) is 5.88 Å². The number of hydrogen-bond donors (Lipinski definition) is 1. The van der Waals surface area contributed by atoms with E-state index in [1.165, 1.54) is 0 Å². The number of aryl methyl sites for hydroxylation is 1. The number of rotatable bonds is 3. The number of halogens is 2. The van der Waals surface area contributed by atoms with Gasteiger partial charge in [0.2, 0.25) is 0 Å². The standard InChI is InChI=1S/C15H13BrClNO/c1-10-2-5-12(8-14(10)16)15(19)18-13-6-3-11(9-17)4-7-13/h2-8H,9H2,1H3,(H,18,19). The van der Waals surface area contributed by atoms with Crippen molar-refractivity contribution in [3.63, 3.8) is 0 Å². The van der Waals surface area contributed by atoms with Crippen LogP contribution in [0.15, 0.2) is 46.9 Å². The topological polar surface area (TPSA) is 29.1 Å². The Morgan fingerprint density at radius 1 is 1.21 bits per heavy atom. The summed E-state index contributed by atoms with van der Waals surface area (Å²) >= 11 is 9.14. The zero-order valence-corrected chi connectivity index (χ0v) is 12.8. The molecule has 1 N–H and O–H groups in total. The molecule has 0 heterocycles. The lowest BCUT2D eigenvalue weighted by atomic mass is 10.1. The van der Waals surface area contributed by atoms with Crippen molar-refractivity contribution in [2.45, 2.75) is 12.8 Å². The molecular formula is C15H13BrClNO. The zero-order valence-electron chi connectivity index (χ0n) is 10.4. The van der Waals surface area contributed by atoms with Gasteiger partial charge in [0.1, 0.15) is 0 Å². The van der Waals surface area contributed by atoms with Gasteiger partial charge < -0.3 is 5.32 Å². The second-order valence-electron chi connectivity index (χ2n) is 4.25. The van der Waals surface area contributed by atoms with Crippen LogP contribution in [-0.4, -0.2) is 5.91 Å². The summed E-state index contributed by atoms with van der Waals surface area (Å²) in [6, 6.07) is 13.0. The molecule has 2 aromatic rings. The average Bonchev–Trinajstić information content (AvgIpc) is 2.42. The van der Waals surface area contributed by atoms with Crippen LogP contribution in [0.25, 0.3) is 0 Å². The number of carbonyl (C=O) groups excluding carboxylic acids is 1. The second-order valence-corrected chi connectivity index (χ2v) is 5.37. The Labute approximate surface area is 125 Å². The molecule has 0 unspecified atom stereocenters. The minimum atomic E-state index is -0.126. The van der Waals surface area contributed by atoms with Crippen LogP contribution in [0.3, 0.4) is 0 Å². The van der Waals surface area contributed by atoms with Gasteiger partial charge in [-0.1, -0.05) is 34.1 Å². The lowest BCUT2D eigenvalue weighted by Crippen LogP contribution is -2.11. The SMILES string of the molecule is Cc1ccc(C(=O)Nc2ccc(CCl)cc2)cc1Br. The molecule has 1 amide bonds. The maximum Gasteiger partial charge on any atom is 0.255 e. The van der Waals surface area contributed by atoms with Crippen molar-refractivity contribution in [3.05, 3.63) is 63.6 Å². The van der Waals surface area contributed by atoms with Crippen molar-refractivity contribution in [3.8, 4) is 0 Å². The van der Waals surface area contributed by atoms with Crippen molar-refractivity contribution in [1.29, 1.82) is 0 Å². The summed E-state index contributed by atoms with van der Waals surface area (Å²) in [5, 5.41) is 2.85. The van der Waals surface area contributed by atoms with E-state index >= 15 is 0 Å². The average molecular weight is 339 g/mol. The lowest BCUT2D eigenvalue weighted by molar-refractivity contribution is 0.102. The summed E-state index contributed by atoms with van der Waals surface area (Å²) < 4.78 is 0.928. The van der Waals surface area contributed by atoms with Gasteiger partial charge in [0.15, 0.2) is 0 Å². The first-order chi connectivity index (χ1) is 9.10. The molecule has 2 rings (SSSR count). The van der Waals surface area contributed by atoms with Crippen LogP contribution < -0.4 is 5.32 Å². The van der Waals surface area contributed by atoms with Gasteiger partial charge in [-0.2, -0.15) is 0 Å². The molecule has 0 saturated carbocycles. The van der Waals surface area contributed by atoms with E-state index in [4.69, 9.17) is 11.6 Å². The Kier molecular flexibility index (Phi) is 4.61. The molecule has 0 radical (unpaired) electrons. The lowest BCUT2D eigenvalue weighted by Gasteiger charge is -2.07. The van der Waals surface area contributed by atoms with Crippen molar-refractivity contribution < 1.29 is 4.79 Å². The molecule has 0 atom stereocenters. The van der Waals surface area contributed by atoms with E-state index in [1.807, 2.05) is 49.4 Å². The number of anilines is 1. The van der Waals surface area contributed by atoms with Gasteiger partial charge in [-0.3, -0.25) is 4.79 Å². The van der Waals surface area contributed by atoms with Crippen LogP contribution in [0.5, 0.6) is 0 Å². The maximum atomic E-state index is 12.1. The second kappa shape index (κ2) is 6.22. The van der Waals surface area contributed by atoms with Crippen LogP contribution >= 0.6 is 27.5 Å². The van der Waals surface area contributed by atoms with Gasteiger partial charge in [0, 0.05) is 21.6 Å². The highest BCUT2D eigenvalue weighted by molar-refractivity contribution is 9.10. The van der Waals surface area contributed by atoms with Crippen molar-refractivity contribution in [2.75, 3.05) is 5.32 Å². The maximum absolute atomic E-state index is 12.1. The molecule has 4 heteroatoms. The van der Waals surface area contributed by atoms with Gasteiger partial charge in [0.05, 0.1) is 0 Å². The molecule has 0 bridgehead atoms. The highest BCUT2D eigenvalue weighted by Crippen LogP contribution is 2.19. The van der Waals surface area contributed by atoms with E-state index in [0.29, 0.717) is 11.4 Å². The third kappa shape index (κ3) is 3.58. The highest BCUT2D eigenvalue weighted by atomic mass is 79.9. The van der Waals surface area contributed by atoms with E-state index in [9.17, 15) is 4.79 Å². The molecule has 98 valence electrons. The third-order valence-corrected chi connectivity index (χ3v) is 3.96. The number of alkyl halides is 1. The predicted octanol–water partition coefficient (Wildman–Crippen LogP) is 4.75. The fourth-order valence-corrected chi connectivity index (χ4v) is 2.17. The van der Waals surface area contributed by atoms with Gasteiger partial charge >= 0.3 is 0 Å². The Balaban J connectivity index is 2.13. The number of nitrogens with one attached hydrogen (secondary N) is 1. The summed E-state index contributed by atoms with van der Waals surface area (Å²) in [6.45, 7) is 1.98. The molecule has 19 heavy (non-hydrogen) atoms. The van der Waals surface area contributed by atoms with Crippen LogP contribution in [0, 0.1) is 6.92 Å². The first-order valence-corrected chi connectivity index (χ1v) is 7.15. The molecule has 2 aromatic carbocycles. The molecule has 0 aromatic heterocycles. The molecule has 0 saturated heterocycles. The van der Waals surface area contributed by atoms with E-state index < -0.39 is 0 Å². The Bertz CT molecular complexity index is 596. The minimum Gasteiger partial charge on any atom is -0.322 e. The van der Waals surface area contributed by atoms with E-state index in [-0.39, 0.29) is 5.91 Å². The monoisotopic (exact) mass is 337 g/mol. The zero-order chi connectivity index (χ0) is 13.8. The van der Waals surface area contributed by atoms with Crippen LogP contribution in [0.2, 0.25) is 0 Å². The normalized spacial score (nSPS) is 10.3. The molecule has 0 aliphatic rings. The van der Waals surface area contributed by atoms with E-state index in [0.717, 1.165) is 21.3 Å². The summed E-state index contributed by atoms with van der Waals surface area (Å²) in [4.78, 5) is 12.1. The predicted molar refractivity (Wildman–Crippen MR) is 82.8 cm³/mol. The van der Waals surface area contributed by atoms with E-state index in [1.54, 1.807) is 0 Å². The molecule has 0 fully saturated rings. The fraction of sp³-hybridized carbons (Fsp3) is 0.133. The summed E-state index contributed by atoms with van der Waals surface area (Å²) in [5.41, 5.74) is 3.51. The van der Waals surface area contributed by atoms with Crippen molar-refractivity contribution in [2.24, 2.45) is 0 Å². The van der Waals surface area contributed by atoms with Crippen LogP contribution in [0.4, 0.5) is 5.69 Å².